The van der Waals surface area contributed by atoms with Gasteiger partial charge >= 0.3 is 0 Å². The highest BCUT2D eigenvalue weighted by Gasteiger charge is 2.13. The second-order valence-electron chi connectivity index (χ2n) is 5.59. The molecule has 4 aromatic rings. The second-order valence-corrected chi connectivity index (χ2v) is 5.59. The van der Waals surface area contributed by atoms with Gasteiger partial charge in [-0.2, -0.15) is 19.9 Å². The standard InChI is InChI=1S/C17H15N9O/c18-12-7-6-10(9-20-12)15-22-14(26-27-15)8-13-23-16(19)25-17(24-13)21-11-4-2-1-3-5-11/h1-7,9H,8H2,(H2,18,20)(H3,19,21,23,24,25). The molecule has 0 aliphatic rings. The van der Waals surface area contributed by atoms with E-state index >= 15 is 0 Å². The molecule has 0 unspecified atom stereocenters. The molecule has 3 heterocycles. The first-order chi connectivity index (χ1) is 13.2. The molecule has 0 saturated carbocycles. The minimum absolute atomic E-state index is 0.102. The summed E-state index contributed by atoms with van der Waals surface area (Å²) in [5, 5.41) is 7.03. The van der Waals surface area contributed by atoms with Gasteiger partial charge < -0.3 is 21.3 Å². The predicted molar refractivity (Wildman–Crippen MR) is 98.7 cm³/mol. The lowest BCUT2D eigenvalue weighted by molar-refractivity contribution is 0.423. The van der Waals surface area contributed by atoms with E-state index in [2.05, 4.69) is 35.4 Å². The van der Waals surface area contributed by atoms with E-state index in [-0.39, 0.29) is 12.4 Å². The Morgan fingerprint density at radius 1 is 0.889 bits per heavy atom. The molecule has 0 radical (unpaired) electrons. The Labute approximate surface area is 153 Å². The highest BCUT2D eigenvalue weighted by atomic mass is 16.5. The molecule has 0 aliphatic carbocycles. The molecule has 134 valence electrons. The van der Waals surface area contributed by atoms with E-state index in [1.807, 2.05) is 30.3 Å². The van der Waals surface area contributed by atoms with Crippen molar-refractivity contribution in [3.05, 3.63) is 60.3 Å². The fraction of sp³-hybridized carbons (Fsp3) is 0.0588. The maximum absolute atomic E-state index is 5.79. The summed E-state index contributed by atoms with van der Waals surface area (Å²) in [5.74, 6) is 2.03. The van der Waals surface area contributed by atoms with Crippen molar-refractivity contribution in [1.82, 2.24) is 30.1 Å². The molecular weight excluding hydrogens is 346 g/mol. The highest BCUT2D eigenvalue weighted by molar-refractivity contribution is 5.54. The minimum atomic E-state index is 0.102. The van der Waals surface area contributed by atoms with Crippen LogP contribution in [0.5, 0.6) is 0 Å². The van der Waals surface area contributed by atoms with Gasteiger partial charge in [0.25, 0.3) is 5.89 Å². The van der Waals surface area contributed by atoms with Crippen molar-refractivity contribution in [1.29, 1.82) is 0 Å². The maximum atomic E-state index is 5.79. The molecule has 0 spiro atoms. The number of para-hydroxylation sites is 1. The molecule has 0 fully saturated rings. The summed E-state index contributed by atoms with van der Waals surface area (Å²) in [6, 6.07) is 12.9. The third-order valence-electron chi connectivity index (χ3n) is 3.55. The van der Waals surface area contributed by atoms with Crippen molar-refractivity contribution in [3.63, 3.8) is 0 Å². The third kappa shape index (κ3) is 3.95. The quantitative estimate of drug-likeness (QED) is 0.479. The summed E-state index contributed by atoms with van der Waals surface area (Å²) >= 11 is 0. The smallest absolute Gasteiger partial charge is 0.259 e. The van der Waals surface area contributed by atoms with Crippen LogP contribution in [0, 0.1) is 0 Å². The first-order valence-corrected chi connectivity index (χ1v) is 8.03. The summed E-state index contributed by atoms with van der Waals surface area (Å²) in [6.07, 6.45) is 1.80. The Balaban J connectivity index is 1.53. The van der Waals surface area contributed by atoms with Gasteiger partial charge in [-0.1, -0.05) is 23.4 Å². The number of anilines is 4. The van der Waals surface area contributed by atoms with Gasteiger partial charge in [-0.15, -0.1) is 0 Å². The Hall–Kier alpha value is -4.08. The van der Waals surface area contributed by atoms with Gasteiger partial charge in [0.1, 0.15) is 11.6 Å². The van der Waals surface area contributed by atoms with Gasteiger partial charge in [0.05, 0.1) is 12.0 Å². The molecule has 5 N–H and O–H groups in total. The summed E-state index contributed by atoms with van der Waals surface area (Å²) < 4.78 is 5.26. The Morgan fingerprint density at radius 3 is 2.52 bits per heavy atom. The zero-order valence-electron chi connectivity index (χ0n) is 14.1. The van der Waals surface area contributed by atoms with Crippen molar-refractivity contribution in [3.8, 4) is 11.5 Å². The van der Waals surface area contributed by atoms with E-state index < -0.39 is 0 Å². The average Bonchev–Trinajstić information content (AvgIpc) is 3.11. The first-order valence-electron chi connectivity index (χ1n) is 8.03. The molecule has 0 aliphatic heterocycles. The van der Waals surface area contributed by atoms with Crippen molar-refractivity contribution in [2.24, 2.45) is 0 Å². The number of nitrogen functional groups attached to an aromatic ring is 2. The average molecular weight is 361 g/mol. The van der Waals surface area contributed by atoms with Crippen molar-refractivity contribution in [2.45, 2.75) is 6.42 Å². The van der Waals surface area contributed by atoms with Crippen LogP contribution in [0.2, 0.25) is 0 Å². The van der Waals surface area contributed by atoms with Crippen LogP contribution in [0.3, 0.4) is 0 Å². The molecule has 1 aromatic carbocycles. The fourth-order valence-corrected chi connectivity index (χ4v) is 2.34. The van der Waals surface area contributed by atoms with Crippen molar-refractivity contribution >= 4 is 23.4 Å². The van der Waals surface area contributed by atoms with Crippen LogP contribution in [0.25, 0.3) is 11.5 Å². The fourth-order valence-electron chi connectivity index (χ4n) is 2.34. The summed E-state index contributed by atoms with van der Waals surface area (Å²) in [7, 11) is 0. The normalized spacial score (nSPS) is 10.7. The number of nitrogens with zero attached hydrogens (tertiary/aromatic N) is 6. The van der Waals surface area contributed by atoms with Gasteiger partial charge in [-0.3, -0.25) is 0 Å². The van der Waals surface area contributed by atoms with E-state index in [0.29, 0.717) is 34.9 Å². The van der Waals surface area contributed by atoms with E-state index in [9.17, 15) is 0 Å². The highest BCUT2D eigenvalue weighted by Crippen LogP contribution is 2.18. The van der Waals surface area contributed by atoms with E-state index in [4.69, 9.17) is 16.0 Å². The van der Waals surface area contributed by atoms with E-state index in [0.717, 1.165) is 5.69 Å². The molecular formula is C17H15N9O. The summed E-state index contributed by atoms with van der Waals surface area (Å²) in [4.78, 5) is 20.9. The lowest BCUT2D eigenvalue weighted by Gasteiger charge is -2.06. The molecule has 10 nitrogen and oxygen atoms in total. The Bertz CT molecular complexity index is 1050. The largest absolute Gasteiger partial charge is 0.384 e. The number of hydrogen-bond acceptors (Lipinski definition) is 10. The zero-order valence-corrected chi connectivity index (χ0v) is 14.1. The second kappa shape index (κ2) is 7.04. The van der Waals surface area contributed by atoms with Gasteiger partial charge in [-0.05, 0) is 24.3 Å². The Morgan fingerprint density at radius 2 is 1.74 bits per heavy atom. The third-order valence-corrected chi connectivity index (χ3v) is 3.55. The minimum Gasteiger partial charge on any atom is -0.384 e. The molecule has 10 heteroatoms. The van der Waals surface area contributed by atoms with Gasteiger partial charge in [0.15, 0.2) is 5.82 Å². The summed E-state index contributed by atoms with van der Waals surface area (Å²) in [5.41, 5.74) is 12.9. The number of rotatable bonds is 5. The van der Waals surface area contributed by atoms with Gasteiger partial charge in [0, 0.05) is 11.9 Å². The topological polar surface area (TPSA) is 155 Å². The molecule has 0 atom stereocenters. The lowest BCUT2D eigenvalue weighted by atomic mass is 10.3. The van der Waals surface area contributed by atoms with Crippen molar-refractivity contribution < 1.29 is 4.52 Å². The van der Waals surface area contributed by atoms with Crippen LogP contribution in [0.15, 0.2) is 53.2 Å². The van der Waals surface area contributed by atoms with Crippen molar-refractivity contribution in [2.75, 3.05) is 16.8 Å². The number of aromatic nitrogens is 6. The van der Waals surface area contributed by atoms with Crippen LogP contribution in [0.1, 0.15) is 11.6 Å². The van der Waals surface area contributed by atoms with Gasteiger partial charge in [0.2, 0.25) is 11.9 Å². The van der Waals surface area contributed by atoms with Crippen LogP contribution in [-0.4, -0.2) is 30.1 Å². The summed E-state index contributed by atoms with van der Waals surface area (Å²) in [6.45, 7) is 0. The van der Waals surface area contributed by atoms with Gasteiger partial charge in [-0.25, -0.2) is 4.98 Å². The maximum Gasteiger partial charge on any atom is 0.259 e. The number of nitrogens with two attached hydrogens (primary N) is 2. The molecule has 3 aromatic heterocycles. The first kappa shape index (κ1) is 16.4. The monoisotopic (exact) mass is 361 g/mol. The lowest BCUT2D eigenvalue weighted by Crippen LogP contribution is -2.08. The van der Waals surface area contributed by atoms with E-state index in [1.165, 1.54) is 0 Å². The Kier molecular flexibility index (Phi) is 4.27. The van der Waals surface area contributed by atoms with E-state index in [1.54, 1.807) is 18.3 Å². The van der Waals surface area contributed by atoms with Crippen LogP contribution >= 0.6 is 0 Å². The number of nitrogens with one attached hydrogen (secondary N) is 1. The zero-order chi connectivity index (χ0) is 18.6. The van der Waals surface area contributed by atoms with Crippen LogP contribution in [0.4, 0.5) is 23.4 Å². The molecule has 0 amide bonds. The predicted octanol–water partition coefficient (Wildman–Crippen LogP) is 1.82. The molecule has 0 saturated heterocycles. The molecule has 4 rings (SSSR count). The molecule has 27 heavy (non-hydrogen) atoms. The molecule has 0 bridgehead atoms. The van der Waals surface area contributed by atoms with Crippen LogP contribution in [-0.2, 0) is 6.42 Å². The number of benzene rings is 1. The number of hydrogen-bond donors (Lipinski definition) is 3. The van der Waals surface area contributed by atoms with Crippen LogP contribution < -0.4 is 16.8 Å². The SMILES string of the molecule is Nc1ccc(-c2nc(Cc3nc(N)nc(Nc4ccccc4)n3)no2)cn1. The number of pyridine rings is 1.